The quantitative estimate of drug-likeness (QED) is 0.421. The topological polar surface area (TPSA) is 161 Å². The average molecular weight is 290 g/mol. The molecule has 116 valence electrons. The van der Waals surface area contributed by atoms with Gasteiger partial charge >= 0.3 is 11.9 Å². The van der Waals surface area contributed by atoms with E-state index in [1.807, 2.05) is 0 Å². The zero-order valence-electron chi connectivity index (χ0n) is 11.3. The zero-order chi connectivity index (χ0) is 16.0. The van der Waals surface area contributed by atoms with E-state index in [2.05, 4.69) is 0 Å². The van der Waals surface area contributed by atoms with E-state index in [1.165, 1.54) is 0 Å². The van der Waals surface area contributed by atoms with Crippen LogP contribution in [0.4, 0.5) is 0 Å². The highest BCUT2D eigenvalue weighted by Gasteiger charge is 1.99. The fourth-order valence-electron chi connectivity index (χ4n) is 1.15. The van der Waals surface area contributed by atoms with Crippen LogP contribution in [0.2, 0.25) is 0 Å². The smallest absolute Gasteiger partial charge is 0.303 e. The minimum absolute atomic E-state index is 0.0628. The second-order valence-electron chi connectivity index (χ2n) is 4.13. The van der Waals surface area contributed by atoms with Gasteiger partial charge in [0.2, 0.25) is 11.8 Å². The molecule has 0 radical (unpaired) electrons. The Morgan fingerprint density at radius 3 is 1.05 bits per heavy atom. The van der Waals surface area contributed by atoms with E-state index in [0.717, 1.165) is 0 Å². The minimum atomic E-state index is -0.870. The Kier molecular flexibility index (Phi) is 13.4. The van der Waals surface area contributed by atoms with Crippen LogP contribution in [-0.2, 0) is 19.2 Å². The van der Waals surface area contributed by atoms with Gasteiger partial charge in [0.25, 0.3) is 0 Å². The van der Waals surface area contributed by atoms with E-state index in [0.29, 0.717) is 38.5 Å². The lowest BCUT2D eigenvalue weighted by molar-refractivity contribution is -0.139. The maximum atomic E-state index is 10.2. The van der Waals surface area contributed by atoms with E-state index >= 15 is 0 Å². The van der Waals surface area contributed by atoms with Crippen molar-refractivity contribution in [1.29, 1.82) is 0 Å². The fraction of sp³-hybridized carbons (Fsp3) is 0.667. The molecule has 0 aliphatic heterocycles. The van der Waals surface area contributed by atoms with Crippen LogP contribution >= 0.6 is 0 Å². The number of nitrogens with two attached hydrogens (primary N) is 2. The number of aliphatic carboxylic acids is 2. The molecule has 8 heteroatoms. The highest BCUT2D eigenvalue weighted by atomic mass is 16.4. The van der Waals surface area contributed by atoms with Gasteiger partial charge in [-0.25, -0.2) is 0 Å². The summed E-state index contributed by atoms with van der Waals surface area (Å²) in [5, 5.41) is 16.3. The lowest BCUT2D eigenvalue weighted by atomic mass is 10.2. The number of carbonyl (C=O) groups is 4. The Bertz CT molecular complexity index is 266. The van der Waals surface area contributed by atoms with Crippen LogP contribution in [0.15, 0.2) is 0 Å². The van der Waals surface area contributed by atoms with Crippen molar-refractivity contribution < 1.29 is 29.4 Å². The zero-order valence-corrected chi connectivity index (χ0v) is 11.3. The van der Waals surface area contributed by atoms with Crippen LogP contribution in [0.5, 0.6) is 0 Å². The fourth-order valence-corrected chi connectivity index (χ4v) is 1.15. The highest BCUT2D eigenvalue weighted by Crippen LogP contribution is 1.98. The van der Waals surface area contributed by atoms with Gasteiger partial charge in [-0.15, -0.1) is 0 Å². The number of unbranched alkanes of at least 4 members (excludes halogenated alkanes) is 2. The lowest BCUT2D eigenvalue weighted by Crippen LogP contribution is -2.12. The average Bonchev–Trinajstić information content (AvgIpc) is 2.30. The van der Waals surface area contributed by atoms with Gasteiger partial charge in [0, 0.05) is 25.7 Å². The van der Waals surface area contributed by atoms with E-state index < -0.39 is 11.9 Å². The molecule has 0 aliphatic carbocycles. The Morgan fingerprint density at radius 1 is 0.600 bits per heavy atom. The standard InChI is InChI=1S/C6H12N2O2.C6H10O4/c7-5(9)3-1-2-4-6(8)10;7-5(8)3-1-2-4-6(9)10/h1-4H2,(H2,7,9)(H2,8,10);1-4H2,(H,7,8)(H,9,10). The van der Waals surface area contributed by atoms with Gasteiger partial charge in [-0.05, 0) is 25.7 Å². The molecule has 0 saturated carbocycles. The third-order valence-corrected chi connectivity index (χ3v) is 2.13. The molecule has 0 rings (SSSR count). The summed E-state index contributed by atoms with van der Waals surface area (Å²) in [5.74, 6) is -2.40. The first kappa shape index (κ1) is 20.2. The summed E-state index contributed by atoms with van der Waals surface area (Å²) in [4.78, 5) is 40.1. The molecule has 0 spiro atoms. The van der Waals surface area contributed by atoms with Crippen LogP contribution in [0.25, 0.3) is 0 Å². The SMILES string of the molecule is NC(=O)CCCCC(N)=O.O=C(O)CCCCC(=O)O. The van der Waals surface area contributed by atoms with Gasteiger partial charge in [-0.3, -0.25) is 19.2 Å². The molecule has 0 unspecified atom stereocenters. The first-order valence-electron chi connectivity index (χ1n) is 6.26. The van der Waals surface area contributed by atoms with Crippen molar-refractivity contribution in [3.05, 3.63) is 0 Å². The van der Waals surface area contributed by atoms with Gasteiger partial charge < -0.3 is 21.7 Å². The maximum absolute atomic E-state index is 10.2. The van der Waals surface area contributed by atoms with Gasteiger partial charge in [0.15, 0.2) is 0 Å². The number of carboxylic acids is 2. The molecule has 0 atom stereocenters. The molecule has 0 aromatic heterocycles. The number of hydrogen-bond donors (Lipinski definition) is 4. The lowest BCUT2D eigenvalue weighted by Gasteiger charge is -1.93. The van der Waals surface area contributed by atoms with Crippen molar-refractivity contribution in [2.75, 3.05) is 0 Å². The number of amides is 2. The summed E-state index contributed by atoms with van der Waals surface area (Å²) in [6, 6.07) is 0. The minimum Gasteiger partial charge on any atom is -0.481 e. The highest BCUT2D eigenvalue weighted by molar-refractivity contribution is 5.74. The van der Waals surface area contributed by atoms with Gasteiger partial charge in [0.1, 0.15) is 0 Å². The summed E-state index contributed by atoms with van der Waals surface area (Å²) >= 11 is 0. The van der Waals surface area contributed by atoms with Gasteiger partial charge in [-0.2, -0.15) is 0 Å². The predicted octanol–water partition coefficient (Wildman–Crippen LogP) is 0.233. The molecule has 2 amide bonds. The molecule has 0 bridgehead atoms. The Balaban J connectivity index is 0. The third kappa shape index (κ3) is 24.9. The number of carbonyl (C=O) groups excluding carboxylic acids is 2. The molecule has 8 nitrogen and oxygen atoms in total. The van der Waals surface area contributed by atoms with Crippen LogP contribution in [0, 0.1) is 0 Å². The Hall–Kier alpha value is -2.12. The van der Waals surface area contributed by atoms with E-state index in [9.17, 15) is 19.2 Å². The first-order chi connectivity index (χ1) is 9.25. The van der Waals surface area contributed by atoms with Crippen molar-refractivity contribution in [2.45, 2.75) is 51.4 Å². The Morgan fingerprint density at radius 2 is 0.850 bits per heavy atom. The molecular weight excluding hydrogens is 268 g/mol. The van der Waals surface area contributed by atoms with Crippen LogP contribution in [-0.4, -0.2) is 34.0 Å². The van der Waals surface area contributed by atoms with Crippen molar-refractivity contribution in [2.24, 2.45) is 11.5 Å². The maximum Gasteiger partial charge on any atom is 0.303 e. The van der Waals surface area contributed by atoms with Crippen molar-refractivity contribution in [3.63, 3.8) is 0 Å². The van der Waals surface area contributed by atoms with Gasteiger partial charge in [-0.1, -0.05) is 0 Å². The normalized spacial score (nSPS) is 9.20. The molecule has 0 heterocycles. The predicted molar refractivity (Wildman–Crippen MR) is 70.6 cm³/mol. The Labute approximate surface area is 117 Å². The van der Waals surface area contributed by atoms with Gasteiger partial charge in [0.05, 0.1) is 0 Å². The third-order valence-electron chi connectivity index (χ3n) is 2.13. The molecule has 6 N–H and O–H groups in total. The molecule has 0 aromatic rings. The van der Waals surface area contributed by atoms with Crippen molar-refractivity contribution in [1.82, 2.24) is 0 Å². The molecule has 20 heavy (non-hydrogen) atoms. The molecule has 0 aromatic carbocycles. The summed E-state index contributed by atoms with van der Waals surface area (Å²) in [5.41, 5.74) is 9.71. The van der Waals surface area contributed by atoms with Crippen LogP contribution in [0.3, 0.4) is 0 Å². The number of carboxylic acid groups (broad SMARTS) is 2. The van der Waals surface area contributed by atoms with E-state index in [4.69, 9.17) is 21.7 Å². The number of primary amides is 2. The second kappa shape index (κ2) is 13.3. The molecule has 0 fully saturated rings. The molecule has 0 aliphatic rings. The number of hydrogen-bond acceptors (Lipinski definition) is 4. The summed E-state index contributed by atoms with van der Waals surface area (Å²) in [7, 11) is 0. The summed E-state index contributed by atoms with van der Waals surface area (Å²) in [6.07, 6.45) is 3.00. The summed E-state index contributed by atoms with van der Waals surface area (Å²) < 4.78 is 0. The summed E-state index contributed by atoms with van der Waals surface area (Å²) in [6.45, 7) is 0. The monoisotopic (exact) mass is 290 g/mol. The van der Waals surface area contributed by atoms with Crippen LogP contribution in [0.1, 0.15) is 51.4 Å². The second-order valence-corrected chi connectivity index (χ2v) is 4.13. The molecule has 0 saturated heterocycles. The van der Waals surface area contributed by atoms with E-state index in [-0.39, 0.29) is 24.7 Å². The number of rotatable bonds is 10. The van der Waals surface area contributed by atoms with E-state index in [1.54, 1.807) is 0 Å². The molecular formula is C12H22N2O6. The van der Waals surface area contributed by atoms with Crippen molar-refractivity contribution in [3.8, 4) is 0 Å². The van der Waals surface area contributed by atoms with Crippen molar-refractivity contribution >= 4 is 23.8 Å². The first-order valence-corrected chi connectivity index (χ1v) is 6.26. The largest absolute Gasteiger partial charge is 0.481 e. The van der Waals surface area contributed by atoms with Crippen LogP contribution < -0.4 is 11.5 Å².